The van der Waals surface area contributed by atoms with Gasteiger partial charge in [-0.05, 0) is 55.4 Å². The van der Waals surface area contributed by atoms with Gasteiger partial charge in [-0.15, -0.1) is 0 Å². The van der Waals surface area contributed by atoms with E-state index in [4.69, 9.17) is 16.3 Å². The maximum Gasteiger partial charge on any atom is 0.318 e. The van der Waals surface area contributed by atoms with Crippen molar-refractivity contribution in [1.29, 1.82) is 0 Å². The van der Waals surface area contributed by atoms with Gasteiger partial charge in [-0.1, -0.05) is 31.0 Å². The van der Waals surface area contributed by atoms with Crippen molar-refractivity contribution in [3.63, 3.8) is 0 Å². The van der Waals surface area contributed by atoms with Gasteiger partial charge in [0.15, 0.2) is 11.6 Å². The number of nitrogens with one attached hydrogen (secondary N) is 1. The van der Waals surface area contributed by atoms with E-state index in [-0.39, 0.29) is 6.01 Å². The van der Waals surface area contributed by atoms with E-state index >= 15 is 0 Å². The molecule has 2 aromatic carbocycles. The number of ether oxygens (including phenoxy) is 1. The van der Waals surface area contributed by atoms with Crippen LogP contribution in [0, 0.1) is 0 Å². The highest BCUT2D eigenvalue weighted by Gasteiger charge is 2.13. The fourth-order valence-corrected chi connectivity index (χ4v) is 2.91. The Kier molecular flexibility index (Phi) is 6.79. The van der Waals surface area contributed by atoms with Crippen molar-refractivity contribution in [2.75, 3.05) is 13.7 Å². The molecule has 1 aromatic heterocycles. The van der Waals surface area contributed by atoms with Crippen LogP contribution >= 0.6 is 11.6 Å². The van der Waals surface area contributed by atoms with Gasteiger partial charge < -0.3 is 15.2 Å². The molecule has 0 aliphatic rings. The molecule has 2 N–H and O–H groups in total. The molecule has 0 aliphatic heterocycles. The Labute approximate surface area is 169 Å². The summed E-state index contributed by atoms with van der Waals surface area (Å²) in [6.07, 6.45) is 2.10. The highest BCUT2D eigenvalue weighted by Crippen LogP contribution is 2.29. The first kappa shape index (κ1) is 20.0. The molecule has 0 saturated carbocycles. The van der Waals surface area contributed by atoms with Gasteiger partial charge in [0.2, 0.25) is 0 Å². The van der Waals surface area contributed by atoms with Crippen LogP contribution in [0.4, 0.5) is 0 Å². The Hall–Kier alpha value is -2.70. The van der Waals surface area contributed by atoms with Gasteiger partial charge in [-0.25, -0.2) is 4.98 Å². The average molecular weight is 399 g/mol. The summed E-state index contributed by atoms with van der Waals surface area (Å²) in [7, 11) is 1.87. The van der Waals surface area contributed by atoms with E-state index in [2.05, 4.69) is 27.2 Å². The predicted molar refractivity (Wildman–Crippen MR) is 111 cm³/mol. The van der Waals surface area contributed by atoms with Crippen LogP contribution in [0.25, 0.3) is 22.8 Å². The van der Waals surface area contributed by atoms with Gasteiger partial charge in [-0.2, -0.15) is 9.97 Å². The normalized spacial score (nSPS) is 10.8. The molecule has 7 heteroatoms. The first-order valence-corrected chi connectivity index (χ1v) is 9.60. The number of aromatic nitrogens is 3. The molecule has 0 atom stereocenters. The zero-order valence-corrected chi connectivity index (χ0v) is 16.7. The number of benzene rings is 2. The molecule has 3 aromatic rings. The fraction of sp³-hybridized carbons (Fsp3) is 0.286. The van der Waals surface area contributed by atoms with E-state index in [1.807, 2.05) is 43.4 Å². The minimum atomic E-state index is -0.349. The van der Waals surface area contributed by atoms with Crippen molar-refractivity contribution in [3.8, 4) is 34.5 Å². The first-order valence-electron chi connectivity index (χ1n) is 9.22. The number of aromatic hydroxyl groups is 1. The van der Waals surface area contributed by atoms with E-state index in [0.717, 1.165) is 29.7 Å². The first-order chi connectivity index (χ1) is 13.6. The Balaban J connectivity index is 1.91. The fourth-order valence-electron chi connectivity index (χ4n) is 2.71. The van der Waals surface area contributed by atoms with Crippen LogP contribution in [0.3, 0.4) is 0 Å². The Bertz CT molecular complexity index is 932. The van der Waals surface area contributed by atoms with Gasteiger partial charge in [0.1, 0.15) is 5.75 Å². The topological polar surface area (TPSA) is 80.2 Å². The number of hydrogen-bond donors (Lipinski definition) is 2. The number of rotatable bonds is 8. The van der Waals surface area contributed by atoms with E-state index < -0.39 is 0 Å². The summed E-state index contributed by atoms with van der Waals surface area (Å²) < 4.78 is 5.68. The van der Waals surface area contributed by atoms with Gasteiger partial charge in [-0.3, -0.25) is 0 Å². The second-order valence-corrected chi connectivity index (χ2v) is 6.76. The summed E-state index contributed by atoms with van der Waals surface area (Å²) in [6.45, 7) is 3.50. The Morgan fingerprint density at radius 3 is 2.50 bits per heavy atom. The second kappa shape index (κ2) is 9.48. The molecule has 0 amide bonds. The summed E-state index contributed by atoms with van der Waals surface area (Å²) in [5.41, 5.74) is 2.44. The van der Waals surface area contributed by atoms with Crippen LogP contribution in [0.15, 0.2) is 42.5 Å². The zero-order chi connectivity index (χ0) is 19.9. The van der Waals surface area contributed by atoms with Crippen molar-refractivity contribution in [3.05, 3.63) is 53.1 Å². The molecular weight excluding hydrogens is 376 g/mol. The highest BCUT2D eigenvalue weighted by atomic mass is 35.5. The Morgan fingerprint density at radius 1 is 1.04 bits per heavy atom. The van der Waals surface area contributed by atoms with Crippen LogP contribution in [-0.4, -0.2) is 33.7 Å². The average Bonchev–Trinajstić information content (AvgIpc) is 2.70. The number of halogens is 1. The molecule has 1 heterocycles. The standard InChI is InChI=1S/C21H23ClN4O2/c1-3-4-11-28-16-8-6-15(7-9-16)19-24-20(26-21(27)25-19)17-12-14(13-23-2)5-10-18(17)22/h5-10,12,23H,3-4,11,13H2,1-2H3,(H,24,25,26,27). The van der Waals surface area contributed by atoms with E-state index in [1.165, 1.54) is 0 Å². The van der Waals surface area contributed by atoms with Crippen LogP contribution in [0.1, 0.15) is 25.3 Å². The number of unbranched alkanes of at least 4 members (excludes halogenated alkanes) is 1. The maximum absolute atomic E-state index is 10.0. The SMILES string of the molecule is CCCCOc1ccc(-c2nc(O)nc(-c3cc(CNC)ccc3Cl)n2)cc1. The van der Waals surface area contributed by atoms with E-state index in [0.29, 0.717) is 35.4 Å². The lowest BCUT2D eigenvalue weighted by Crippen LogP contribution is -2.05. The summed E-state index contributed by atoms with van der Waals surface area (Å²) >= 11 is 6.34. The number of hydrogen-bond acceptors (Lipinski definition) is 6. The lowest BCUT2D eigenvalue weighted by Gasteiger charge is -2.09. The second-order valence-electron chi connectivity index (χ2n) is 6.35. The summed E-state index contributed by atoms with van der Waals surface area (Å²) in [6, 6.07) is 12.7. The van der Waals surface area contributed by atoms with Crippen molar-refractivity contribution in [1.82, 2.24) is 20.3 Å². The minimum absolute atomic E-state index is 0.328. The third kappa shape index (κ3) is 4.97. The van der Waals surface area contributed by atoms with Crippen LogP contribution < -0.4 is 10.1 Å². The van der Waals surface area contributed by atoms with Gasteiger partial charge in [0.25, 0.3) is 0 Å². The van der Waals surface area contributed by atoms with Crippen LogP contribution in [0.5, 0.6) is 11.8 Å². The zero-order valence-electron chi connectivity index (χ0n) is 15.9. The lowest BCUT2D eigenvalue weighted by atomic mass is 10.1. The molecule has 28 heavy (non-hydrogen) atoms. The van der Waals surface area contributed by atoms with Crippen molar-refractivity contribution in [2.24, 2.45) is 0 Å². The summed E-state index contributed by atoms with van der Waals surface area (Å²) in [5.74, 6) is 1.49. The maximum atomic E-state index is 10.0. The minimum Gasteiger partial charge on any atom is -0.494 e. The molecule has 0 bridgehead atoms. The van der Waals surface area contributed by atoms with E-state index in [1.54, 1.807) is 6.07 Å². The summed E-state index contributed by atoms with van der Waals surface area (Å²) in [4.78, 5) is 12.6. The molecule has 3 rings (SSSR count). The van der Waals surface area contributed by atoms with Gasteiger partial charge >= 0.3 is 6.01 Å². The van der Waals surface area contributed by atoms with E-state index in [9.17, 15) is 5.11 Å². The van der Waals surface area contributed by atoms with Crippen molar-refractivity contribution < 1.29 is 9.84 Å². The van der Waals surface area contributed by atoms with Crippen LogP contribution in [-0.2, 0) is 6.54 Å². The van der Waals surface area contributed by atoms with Crippen molar-refractivity contribution in [2.45, 2.75) is 26.3 Å². The number of nitrogens with zero attached hydrogens (tertiary/aromatic N) is 3. The molecule has 0 unspecified atom stereocenters. The highest BCUT2D eigenvalue weighted by molar-refractivity contribution is 6.33. The molecule has 0 saturated heterocycles. The van der Waals surface area contributed by atoms with Gasteiger partial charge in [0.05, 0.1) is 11.6 Å². The molecule has 0 fully saturated rings. The molecule has 6 nitrogen and oxygen atoms in total. The predicted octanol–water partition coefficient (Wildman–Crippen LogP) is 4.46. The Morgan fingerprint density at radius 2 is 1.79 bits per heavy atom. The molecule has 0 spiro atoms. The quantitative estimate of drug-likeness (QED) is 0.545. The van der Waals surface area contributed by atoms with Crippen molar-refractivity contribution >= 4 is 11.6 Å². The van der Waals surface area contributed by atoms with Gasteiger partial charge in [0, 0.05) is 17.7 Å². The monoisotopic (exact) mass is 398 g/mol. The molecule has 0 aliphatic carbocycles. The smallest absolute Gasteiger partial charge is 0.318 e. The third-order valence-corrected chi connectivity index (χ3v) is 4.48. The van der Waals surface area contributed by atoms with Crippen LogP contribution in [0.2, 0.25) is 5.02 Å². The lowest BCUT2D eigenvalue weighted by molar-refractivity contribution is 0.309. The molecule has 146 valence electrons. The molecular formula is C21H23ClN4O2. The summed E-state index contributed by atoms with van der Waals surface area (Å²) in [5, 5.41) is 13.6. The largest absolute Gasteiger partial charge is 0.494 e. The molecule has 0 radical (unpaired) electrons. The third-order valence-electron chi connectivity index (χ3n) is 4.16.